The summed E-state index contributed by atoms with van der Waals surface area (Å²) in [6.07, 6.45) is 5.26. The normalized spacial score (nSPS) is 17.5. The number of carbonyl (C=O) groups excluding carboxylic acids is 3. The van der Waals surface area contributed by atoms with Crippen molar-refractivity contribution < 1.29 is 24.2 Å². The van der Waals surface area contributed by atoms with Gasteiger partial charge in [-0.1, -0.05) is 58.9 Å². The lowest BCUT2D eigenvalue weighted by molar-refractivity contribution is -0.111. The van der Waals surface area contributed by atoms with Crippen LogP contribution in [0, 0.1) is 0 Å². The number of pyridine rings is 1. The molecule has 0 bridgehead atoms. The minimum atomic E-state index is -1.51. The van der Waals surface area contributed by atoms with E-state index in [0.29, 0.717) is 34.5 Å². The van der Waals surface area contributed by atoms with E-state index in [2.05, 4.69) is 36.1 Å². The van der Waals surface area contributed by atoms with Gasteiger partial charge in [0.15, 0.2) is 11.9 Å². The zero-order chi connectivity index (χ0) is 32.4. The molecule has 0 spiro atoms. The highest BCUT2D eigenvalue weighted by molar-refractivity contribution is 5.94. The van der Waals surface area contributed by atoms with Gasteiger partial charge < -0.3 is 20.5 Å². The maximum atomic E-state index is 13.4. The second-order valence-electron chi connectivity index (χ2n) is 12.0. The fourth-order valence-corrected chi connectivity index (χ4v) is 4.98. The van der Waals surface area contributed by atoms with Crippen molar-refractivity contribution in [1.82, 2.24) is 35.2 Å². The lowest BCUT2D eigenvalue weighted by Crippen LogP contribution is -2.49. The number of fused-ring (bicyclic) bond motifs is 2. The number of anilines is 1. The third kappa shape index (κ3) is 6.53. The number of aliphatic hydroxyl groups is 1. The van der Waals surface area contributed by atoms with Gasteiger partial charge in [-0.15, -0.1) is 10.2 Å². The number of ether oxygens (including phenoxy) is 1. The molecule has 3 amide bonds. The lowest BCUT2D eigenvalue weighted by atomic mass is 9.81. The summed E-state index contributed by atoms with van der Waals surface area (Å²) in [4.78, 5) is 47.2. The van der Waals surface area contributed by atoms with Crippen LogP contribution in [0.2, 0.25) is 0 Å². The standard InChI is InChI=1S/C32H36N8O5/c1-19(2)28-39-38-26-11-10-20(17-40(26)28)45-23-12-13-32(18-42,22-9-7-6-8-21(22)23)37-30(44)36-25-16-24(31(3,4)5)34-27(35-25)29(43)33-14-15-41/h6-13,16-19,23,41H,14-15H2,1-5H3,(H,33,43)(H2,34,35,36,37,44)/t23-,32-/m1/s1. The van der Waals surface area contributed by atoms with Crippen LogP contribution in [0.3, 0.4) is 0 Å². The molecule has 0 saturated carbocycles. The molecule has 0 unspecified atom stereocenters. The summed E-state index contributed by atoms with van der Waals surface area (Å²) in [5, 5.41) is 25.5. The molecule has 4 N–H and O–H groups in total. The predicted octanol–water partition coefficient (Wildman–Crippen LogP) is 3.57. The fraction of sp³-hybridized carbons (Fsp3) is 0.344. The van der Waals surface area contributed by atoms with Crippen LogP contribution < -0.4 is 20.7 Å². The number of aldehydes is 1. The van der Waals surface area contributed by atoms with Crippen LogP contribution >= 0.6 is 0 Å². The van der Waals surface area contributed by atoms with E-state index in [9.17, 15) is 14.4 Å². The first-order valence-electron chi connectivity index (χ1n) is 14.6. The highest BCUT2D eigenvalue weighted by atomic mass is 16.5. The highest BCUT2D eigenvalue weighted by Crippen LogP contribution is 2.37. The highest BCUT2D eigenvalue weighted by Gasteiger charge is 2.38. The Hall–Kier alpha value is -5.17. The Morgan fingerprint density at radius 1 is 1.13 bits per heavy atom. The smallest absolute Gasteiger partial charge is 0.321 e. The van der Waals surface area contributed by atoms with Crippen LogP contribution in [0.4, 0.5) is 10.6 Å². The van der Waals surface area contributed by atoms with Gasteiger partial charge in [0.05, 0.1) is 18.5 Å². The van der Waals surface area contributed by atoms with Crippen molar-refractivity contribution in [1.29, 1.82) is 0 Å². The molecule has 13 heteroatoms. The van der Waals surface area contributed by atoms with Crippen molar-refractivity contribution in [2.24, 2.45) is 0 Å². The van der Waals surface area contributed by atoms with Crippen LogP contribution in [-0.4, -0.2) is 61.0 Å². The number of hydrogen-bond donors (Lipinski definition) is 4. The molecule has 1 aromatic carbocycles. The zero-order valence-corrected chi connectivity index (χ0v) is 25.7. The Morgan fingerprint density at radius 3 is 2.62 bits per heavy atom. The van der Waals surface area contributed by atoms with Crippen molar-refractivity contribution in [3.8, 4) is 5.75 Å². The Bertz CT molecular complexity index is 1780. The maximum absolute atomic E-state index is 13.4. The largest absolute Gasteiger partial charge is 0.480 e. The first-order valence-corrected chi connectivity index (χ1v) is 14.6. The van der Waals surface area contributed by atoms with Gasteiger partial charge in [0, 0.05) is 29.5 Å². The van der Waals surface area contributed by atoms with Gasteiger partial charge in [-0.25, -0.2) is 14.8 Å². The van der Waals surface area contributed by atoms with E-state index in [-0.39, 0.29) is 30.7 Å². The van der Waals surface area contributed by atoms with E-state index in [4.69, 9.17) is 9.84 Å². The van der Waals surface area contributed by atoms with Crippen molar-refractivity contribution in [3.63, 3.8) is 0 Å². The molecule has 5 rings (SSSR count). The third-order valence-electron chi connectivity index (χ3n) is 7.27. The van der Waals surface area contributed by atoms with Gasteiger partial charge in [-0.2, -0.15) is 0 Å². The minimum Gasteiger partial charge on any atom is -0.480 e. The van der Waals surface area contributed by atoms with Gasteiger partial charge in [0.25, 0.3) is 5.91 Å². The molecule has 4 aromatic rings. The number of aliphatic hydroxyl groups excluding tert-OH is 1. The van der Waals surface area contributed by atoms with E-state index in [1.54, 1.807) is 30.4 Å². The average molecular weight is 613 g/mol. The van der Waals surface area contributed by atoms with Crippen molar-refractivity contribution in [3.05, 3.63) is 89.3 Å². The topological polar surface area (TPSA) is 173 Å². The molecule has 0 saturated heterocycles. The number of nitrogens with one attached hydrogen (secondary N) is 3. The van der Waals surface area contributed by atoms with Crippen LogP contribution in [0.25, 0.3) is 5.65 Å². The summed E-state index contributed by atoms with van der Waals surface area (Å²) >= 11 is 0. The fourth-order valence-electron chi connectivity index (χ4n) is 4.98. The second-order valence-corrected chi connectivity index (χ2v) is 12.0. The molecule has 234 valence electrons. The number of nitrogens with zero attached hydrogens (tertiary/aromatic N) is 5. The summed E-state index contributed by atoms with van der Waals surface area (Å²) < 4.78 is 8.25. The molecule has 1 aliphatic carbocycles. The summed E-state index contributed by atoms with van der Waals surface area (Å²) in [6.45, 7) is 9.58. The van der Waals surface area contributed by atoms with Crippen LogP contribution in [-0.2, 0) is 15.7 Å². The number of aromatic nitrogens is 5. The Morgan fingerprint density at radius 2 is 1.91 bits per heavy atom. The van der Waals surface area contributed by atoms with E-state index < -0.39 is 29.0 Å². The van der Waals surface area contributed by atoms with Crippen molar-refractivity contribution in [2.45, 2.75) is 57.6 Å². The number of hydrogen-bond acceptors (Lipinski definition) is 9. The van der Waals surface area contributed by atoms with Crippen LogP contribution in [0.5, 0.6) is 5.75 Å². The summed E-state index contributed by atoms with van der Waals surface area (Å²) in [5.41, 5.74) is 0.474. The molecule has 45 heavy (non-hydrogen) atoms. The molecular formula is C32H36N8O5. The van der Waals surface area contributed by atoms with E-state index in [1.807, 2.05) is 69.5 Å². The molecule has 0 radical (unpaired) electrons. The Balaban J connectivity index is 1.41. The molecular weight excluding hydrogens is 576 g/mol. The Labute approximate surface area is 260 Å². The molecule has 3 heterocycles. The van der Waals surface area contributed by atoms with Gasteiger partial charge in [0.2, 0.25) is 5.82 Å². The summed E-state index contributed by atoms with van der Waals surface area (Å²) in [5.74, 6) is 0.860. The number of amides is 3. The number of rotatable bonds is 9. The average Bonchev–Trinajstić information content (AvgIpc) is 3.44. The van der Waals surface area contributed by atoms with Crippen molar-refractivity contribution in [2.75, 3.05) is 18.5 Å². The predicted molar refractivity (Wildman–Crippen MR) is 166 cm³/mol. The monoisotopic (exact) mass is 612 g/mol. The molecule has 0 fully saturated rings. The Kier molecular flexibility index (Phi) is 8.64. The van der Waals surface area contributed by atoms with Gasteiger partial charge in [-0.3, -0.25) is 19.3 Å². The van der Waals surface area contributed by atoms with Gasteiger partial charge in [-0.05, 0) is 29.8 Å². The molecule has 0 aliphatic heterocycles. The quantitative estimate of drug-likeness (QED) is 0.163. The van der Waals surface area contributed by atoms with Gasteiger partial charge >= 0.3 is 6.03 Å². The summed E-state index contributed by atoms with van der Waals surface area (Å²) in [7, 11) is 0. The van der Waals surface area contributed by atoms with E-state index in [0.717, 1.165) is 5.82 Å². The third-order valence-corrected chi connectivity index (χ3v) is 7.27. The SMILES string of the molecule is CC(C)c1nnc2ccc(O[C@@H]3C=C[C@](C=O)(NC(=O)Nc4cc(C(C)(C)C)nc(C(=O)NCCO)n4)c4ccccc43)cn12. The van der Waals surface area contributed by atoms with Crippen LogP contribution in [0.15, 0.2) is 60.8 Å². The first kappa shape index (κ1) is 31.3. The molecule has 13 nitrogen and oxygen atoms in total. The lowest BCUT2D eigenvalue weighted by Gasteiger charge is -2.34. The van der Waals surface area contributed by atoms with Crippen LogP contribution in [0.1, 0.15) is 79.9 Å². The minimum absolute atomic E-state index is 0.0256. The zero-order valence-electron chi connectivity index (χ0n) is 25.7. The molecule has 3 aromatic heterocycles. The number of urea groups is 1. The molecule has 2 atom stereocenters. The van der Waals surface area contributed by atoms with E-state index >= 15 is 0 Å². The number of benzene rings is 1. The van der Waals surface area contributed by atoms with E-state index in [1.165, 1.54) is 0 Å². The first-order chi connectivity index (χ1) is 21.4. The molecule has 1 aliphatic rings. The maximum Gasteiger partial charge on any atom is 0.321 e. The van der Waals surface area contributed by atoms with Crippen molar-refractivity contribution >= 4 is 29.7 Å². The second kappa shape index (κ2) is 12.4. The van der Waals surface area contributed by atoms with Gasteiger partial charge in [0.1, 0.15) is 29.0 Å². The summed E-state index contributed by atoms with van der Waals surface area (Å²) in [6, 6.07) is 11.7. The number of carbonyl (C=O) groups is 3.